The van der Waals surface area contributed by atoms with E-state index in [0.717, 1.165) is 58.0 Å². The van der Waals surface area contributed by atoms with Crippen molar-refractivity contribution in [3.63, 3.8) is 0 Å². The average molecular weight is 347 g/mol. The van der Waals surface area contributed by atoms with E-state index in [9.17, 15) is 5.11 Å². The summed E-state index contributed by atoms with van der Waals surface area (Å²) in [7, 11) is 0. The lowest BCUT2D eigenvalue weighted by molar-refractivity contribution is 0.0155. The van der Waals surface area contributed by atoms with Crippen LogP contribution < -0.4 is 0 Å². The monoisotopic (exact) mass is 346 g/mol. The molecular formula is C23H38O2. The van der Waals surface area contributed by atoms with Crippen molar-refractivity contribution in [2.45, 2.75) is 71.3 Å². The minimum absolute atomic E-state index is 0.0476. The molecular weight excluding hydrogens is 308 g/mol. The van der Waals surface area contributed by atoms with E-state index in [4.69, 9.17) is 4.74 Å². The Balaban J connectivity index is 3.57. The van der Waals surface area contributed by atoms with Gasteiger partial charge in [-0.3, -0.25) is 0 Å². The number of ether oxygens (including phenoxy) is 1. The van der Waals surface area contributed by atoms with Crippen molar-refractivity contribution in [2.75, 3.05) is 13.2 Å². The first-order valence-electron chi connectivity index (χ1n) is 9.82. The summed E-state index contributed by atoms with van der Waals surface area (Å²) < 4.78 is 5.53. The molecule has 0 amide bonds. The first-order chi connectivity index (χ1) is 12.3. The van der Waals surface area contributed by atoms with Gasteiger partial charge in [0.25, 0.3) is 0 Å². The number of unbranched alkanes of at least 4 members (excludes halogenated alkanes) is 1. The standard InChI is InChI=1S/C23H38O2/c1-3-5-6-7-8-9-10-11-12-13-14-15-16-17-18-19-20-23(22-24)25-21-4-2/h5-6,8-9,11-12,14-15,18-19,23-24H,3-4,7,10,13,16-17,20-22H2,1-2H3. The molecule has 0 fully saturated rings. The van der Waals surface area contributed by atoms with Gasteiger partial charge in [0.1, 0.15) is 0 Å². The summed E-state index contributed by atoms with van der Waals surface area (Å²) in [5.41, 5.74) is 0. The molecule has 0 radical (unpaired) electrons. The minimum atomic E-state index is -0.0476. The van der Waals surface area contributed by atoms with Crippen LogP contribution in [0.2, 0.25) is 0 Å². The van der Waals surface area contributed by atoms with E-state index in [2.05, 4.69) is 74.6 Å². The molecule has 0 saturated carbocycles. The number of hydrogen-bond donors (Lipinski definition) is 1. The highest BCUT2D eigenvalue weighted by molar-refractivity contribution is 4.99. The van der Waals surface area contributed by atoms with Crippen LogP contribution in [0.5, 0.6) is 0 Å². The summed E-state index contributed by atoms with van der Waals surface area (Å²) in [4.78, 5) is 0. The predicted octanol–water partition coefficient (Wildman–Crippen LogP) is 6.31. The van der Waals surface area contributed by atoms with Gasteiger partial charge >= 0.3 is 0 Å². The van der Waals surface area contributed by atoms with Gasteiger partial charge in [0.15, 0.2) is 0 Å². The number of aliphatic hydroxyl groups is 1. The SMILES string of the molecule is CCC=CCC=CCC=CCC=CCCC=CCC(CO)OCCC. The maximum Gasteiger partial charge on any atom is 0.0840 e. The van der Waals surface area contributed by atoms with Crippen molar-refractivity contribution in [3.8, 4) is 0 Å². The molecule has 142 valence electrons. The van der Waals surface area contributed by atoms with Crippen LogP contribution in [0, 0.1) is 0 Å². The van der Waals surface area contributed by atoms with Gasteiger partial charge in [-0.15, -0.1) is 0 Å². The zero-order valence-corrected chi connectivity index (χ0v) is 16.3. The normalized spacial score (nSPS) is 14.2. The van der Waals surface area contributed by atoms with Crippen LogP contribution in [-0.2, 0) is 4.74 Å². The summed E-state index contributed by atoms with van der Waals surface area (Å²) in [6.07, 6.45) is 30.0. The molecule has 0 aromatic heterocycles. The van der Waals surface area contributed by atoms with Crippen molar-refractivity contribution < 1.29 is 9.84 Å². The molecule has 1 atom stereocenters. The Kier molecular flexibility index (Phi) is 19.5. The lowest BCUT2D eigenvalue weighted by Crippen LogP contribution is -2.17. The third-order valence-corrected chi connectivity index (χ3v) is 3.55. The summed E-state index contributed by atoms with van der Waals surface area (Å²) in [6.45, 7) is 5.06. The summed E-state index contributed by atoms with van der Waals surface area (Å²) in [6, 6.07) is 0. The molecule has 1 unspecified atom stereocenters. The van der Waals surface area contributed by atoms with Crippen LogP contribution in [0.4, 0.5) is 0 Å². The molecule has 0 saturated heterocycles. The highest BCUT2D eigenvalue weighted by Gasteiger charge is 2.03. The van der Waals surface area contributed by atoms with Gasteiger partial charge in [-0.2, -0.15) is 0 Å². The van der Waals surface area contributed by atoms with Crippen LogP contribution in [0.3, 0.4) is 0 Å². The molecule has 2 heteroatoms. The Hall–Kier alpha value is -1.38. The molecule has 0 heterocycles. The maximum absolute atomic E-state index is 9.19. The molecule has 0 spiro atoms. The van der Waals surface area contributed by atoms with E-state index in [-0.39, 0.29) is 12.7 Å². The highest BCUT2D eigenvalue weighted by Crippen LogP contribution is 2.02. The molecule has 0 aromatic carbocycles. The predicted molar refractivity (Wildman–Crippen MR) is 111 cm³/mol. The molecule has 0 bridgehead atoms. The Bertz CT molecular complexity index is 402. The molecule has 0 aliphatic carbocycles. The van der Waals surface area contributed by atoms with E-state index in [1.165, 1.54) is 0 Å². The lowest BCUT2D eigenvalue weighted by Gasteiger charge is -2.12. The van der Waals surface area contributed by atoms with Crippen molar-refractivity contribution in [3.05, 3.63) is 60.8 Å². The van der Waals surface area contributed by atoms with Gasteiger partial charge in [-0.1, -0.05) is 74.6 Å². The summed E-state index contributed by atoms with van der Waals surface area (Å²) in [5.74, 6) is 0. The van der Waals surface area contributed by atoms with E-state index in [1.54, 1.807) is 0 Å². The zero-order valence-electron chi connectivity index (χ0n) is 16.3. The van der Waals surface area contributed by atoms with Gasteiger partial charge in [0, 0.05) is 6.61 Å². The Morgan fingerprint density at radius 1 is 0.720 bits per heavy atom. The fourth-order valence-electron chi connectivity index (χ4n) is 2.14. The van der Waals surface area contributed by atoms with Gasteiger partial charge in [0.05, 0.1) is 12.7 Å². The number of hydrogen-bond acceptors (Lipinski definition) is 2. The molecule has 0 aromatic rings. The summed E-state index contributed by atoms with van der Waals surface area (Å²) in [5, 5.41) is 9.19. The average Bonchev–Trinajstić information content (AvgIpc) is 2.63. The Labute approximate surface area is 155 Å². The van der Waals surface area contributed by atoms with Gasteiger partial charge in [0.2, 0.25) is 0 Å². The number of aliphatic hydroxyl groups excluding tert-OH is 1. The molecule has 25 heavy (non-hydrogen) atoms. The molecule has 0 aliphatic rings. The van der Waals surface area contributed by atoms with Crippen LogP contribution in [0.1, 0.15) is 65.2 Å². The minimum Gasteiger partial charge on any atom is -0.394 e. The molecule has 1 N–H and O–H groups in total. The topological polar surface area (TPSA) is 29.5 Å². The van der Waals surface area contributed by atoms with Crippen molar-refractivity contribution in [1.82, 2.24) is 0 Å². The van der Waals surface area contributed by atoms with Crippen molar-refractivity contribution >= 4 is 0 Å². The highest BCUT2D eigenvalue weighted by atomic mass is 16.5. The maximum atomic E-state index is 9.19. The van der Waals surface area contributed by atoms with Crippen molar-refractivity contribution in [2.24, 2.45) is 0 Å². The van der Waals surface area contributed by atoms with Crippen LogP contribution in [0.15, 0.2) is 60.8 Å². The Morgan fingerprint density at radius 3 is 1.76 bits per heavy atom. The third kappa shape index (κ3) is 18.8. The molecule has 0 rings (SSSR count). The van der Waals surface area contributed by atoms with Crippen LogP contribution in [-0.4, -0.2) is 24.4 Å². The zero-order chi connectivity index (χ0) is 18.4. The molecule has 2 nitrogen and oxygen atoms in total. The Morgan fingerprint density at radius 2 is 1.24 bits per heavy atom. The second-order valence-corrected chi connectivity index (χ2v) is 5.96. The fourth-order valence-corrected chi connectivity index (χ4v) is 2.14. The first-order valence-corrected chi connectivity index (χ1v) is 9.82. The first kappa shape index (κ1) is 23.6. The smallest absolute Gasteiger partial charge is 0.0840 e. The summed E-state index contributed by atoms with van der Waals surface area (Å²) >= 11 is 0. The van der Waals surface area contributed by atoms with Crippen LogP contribution in [0.25, 0.3) is 0 Å². The fraction of sp³-hybridized carbons (Fsp3) is 0.565. The van der Waals surface area contributed by atoms with E-state index >= 15 is 0 Å². The number of allylic oxidation sites excluding steroid dienone is 9. The molecule has 0 aliphatic heterocycles. The van der Waals surface area contributed by atoms with E-state index in [1.807, 2.05) is 0 Å². The van der Waals surface area contributed by atoms with Gasteiger partial charge < -0.3 is 9.84 Å². The lowest BCUT2D eigenvalue weighted by atomic mass is 10.2. The largest absolute Gasteiger partial charge is 0.394 e. The number of rotatable bonds is 16. The van der Waals surface area contributed by atoms with E-state index in [0.29, 0.717) is 0 Å². The quantitative estimate of drug-likeness (QED) is 0.262. The van der Waals surface area contributed by atoms with Crippen LogP contribution >= 0.6 is 0 Å². The third-order valence-electron chi connectivity index (χ3n) is 3.55. The second-order valence-electron chi connectivity index (χ2n) is 5.96. The van der Waals surface area contributed by atoms with E-state index < -0.39 is 0 Å². The second kappa shape index (κ2) is 20.7. The van der Waals surface area contributed by atoms with Gasteiger partial charge in [-0.25, -0.2) is 0 Å². The van der Waals surface area contributed by atoms with Crippen molar-refractivity contribution in [1.29, 1.82) is 0 Å². The van der Waals surface area contributed by atoms with Gasteiger partial charge in [-0.05, 0) is 51.4 Å².